The van der Waals surface area contributed by atoms with Gasteiger partial charge < -0.3 is 35.2 Å². The molecule has 1 saturated heterocycles. The van der Waals surface area contributed by atoms with Crippen LogP contribution in [0.2, 0.25) is 0 Å². The molecule has 1 heterocycles. The highest BCUT2D eigenvalue weighted by atomic mass is 32.3. The maximum Gasteiger partial charge on any atom is 0.397 e. The van der Waals surface area contributed by atoms with Crippen molar-refractivity contribution < 1.29 is 51.8 Å². The van der Waals surface area contributed by atoms with Gasteiger partial charge in [0.05, 0.1) is 25.4 Å². The summed E-state index contributed by atoms with van der Waals surface area (Å²) in [6, 6.07) is -0.859. The van der Waals surface area contributed by atoms with Crippen molar-refractivity contribution >= 4 is 16.3 Å². The molecule has 6 N–H and O–H groups in total. The van der Waals surface area contributed by atoms with Gasteiger partial charge in [-0.2, -0.15) is 8.42 Å². The molecule has 0 bridgehead atoms. The zero-order valence-electron chi connectivity index (χ0n) is 53.3. The molecule has 0 saturated carbocycles. The first-order valence-electron chi connectivity index (χ1n) is 35.2. The Kier molecular flexibility index (Phi) is 56.2. The summed E-state index contributed by atoms with van der Waals surface area (Å²) < 4.78 is 48.1. The van der Waals surface area contributed by atoms with Crippen LogP contribution in [0.5, 0.6) is 0 Å². The number of allylic oxidation sites excluding steroid dienone is 4. The average molecular weight is 1180 g/mol. The van der Waals surface area contributed by atoms with Crippen LogP contribution in [0.3, 0.4) is 0 Å². The number of nitrogens with one attached hydrogen (secondary N) is 1. The Hall–Kier alpha value is -1.42. The first kappa shape index (κ1) is 78.6. The van der Waals surface area contributed by atoms with Gasteiger partial charge in [0.2, 0.25) is 5.91 Å². The van der Waals surface area contributed by atoms with Crippen molar-refractivity contribution in [3.8, 4) is 0 Å². The maximum absolute atomic E-state index is 13.2. The summed E-state index contributed by atoms with van der Waals surface area (Å²) in [7, 11) is -5.09. The summed E-state index contributed by atoms with van der Waals surface area (Å²) in [6.45, 7) is 3.52. The highest BCUT2D eigenvalue weighted by Gasteiger charge is 2.48. The average Bonchev–Trinajstić information content (AvgIpc) is 3.60. The Bertz CT molecular complexity index is 1530. The molecule has 1 fully saturated rings. The molecule has 12 nitrogen and oxygen atoms in total. The number of carbonyl (C=O) groups is 1. The summed E-state index contributed by atoms with van der Waals surface area (Å²) in [5.74, 6) is -0.223. The molecule has 486 valence electrons. The minimum Gasteiger partial charge on any atom is -0.394 e. The molecule has 0 radical (unpaired) electrons. The van der Waals surface area contributed by atoms with Crippen molar-refractivity contribution in [3.63, 3.8) is 0 Å². The van der Waals surface area contributed by atoms with Crippen LogP contribution < -0.4 is 5.32 Å². The molecule has 13 heteroatoms. The largest absolute Gasteiger partial charge is 0.397 e. The number of hydrogen-bond donors (Lipinski definition) is 6. The smallest absolute Gasteiger partial charge is 0.394 e. The molecule has 1 aliphatic heterocycles. The van der Waals surface area contributed by atoms with E-state index in [1.807, 2.05) is 0 Å². The van der Waals surface area contributed by atoms with E-state index in [0.29, 0.717) is 12.8 Å². The Morgan fingerprint density at radius 3 is 1.16 bits per heavy atom. The summed E-state index contributed by atoms with van der Waals surface area (Å²) in [4.78, 5) is 13.2. The number of ether oxygens (including phenoxy) is 2. The third-order valence-electron chi connectivity index (χ3n) is 17.0. The Labute approximate surface area is 505 Å². The third-order valence-corrected chi connectivity index (χ3v) is 17.5. The summed E-state index contributed by atoms with van der Waals surface area (Å²) in [6.07, 6.45) is 66.4. The van der Waals surface area contributed by atoms with Crippen molar-refractivity contribution in [2.75, 3.05) is 13.2 Å². The second-order valence-electron chi connectivity index (χ2n) is 24.8. The van der Waals surface area contributed by atoms with E-state index in [0.717, 1.165) is 57.8 Å². The molecular weight excluding hydrogens is 1050 g/mol. The number of unbranched alkanes of at least 4 members (excludes halogenated alkanes) is 47. The van der Waals surface area contributed by atoms with Gasteiger partial charge in [0, 0.05) is 6.42 Å². The molecule has 7 atom stereocenters. The number of amides is 1. The van der Waals surface area contributed by atoms with E-state index in [9.17, 15) is 38.2 Å². The summed E-state index contributed by atoms with van der Waals surface area (Å²) in [5.41, 5.74) is 0. The molecular formula is C69H133NO11S. The van der Waals surface area contributed by atoms with Crippen molar-refractivity contribution in [1.82, 2.24) is 5.32 Å². The van der Waals surface area contributed by atoms with E-state index in [-0.39, 0.29) is 12.5 Å². The molecule has 7 unspecified atom stereocenters. The number of carbonyl (C=O) groups excluding carboxylic acids is 1. The monoisotopic (exact) mass is 1180 g/mol. The normalized spacial score (nSPS) is 18.5. The van der Waals surface area contributed by atoms with Crippen LogP contribution >= 0.6 is 0 Å². The predicted octanol–water partition coefficient (Wildman–Crippen LogP) is 18.3. The number of aliphatic hydroxyl groups is 4. The van der Waals surface area contributed by atoms with E-state index in [1.54, 1.807) is 0 Å². The van der Waals surface area contributed by atoms with Crippen LogP contribution in [-0.4, -0.2) is 95.4 Å². The summed E-state index contributed by atoms with van der Waals surface area (Å²) in [5, 5.41) is 45.3. The van der Waals surface area contributed by atoms with E-state index >= 15 is 0 Å². The van der Waals surface area contributed by atoms with E-state index in [4.69, 9.17) is 9.47 Å². The third kappa shape index (κ3) is 49.7. The Balaban J connectivity index is 2.23. The number of aliphatic hydroxyl groups excluding tert-OH is 4. The van der Waals surface area contributed by atoms with Crippen LogP contribution in [0.1, 0.15) is 354 Å². The lowest BCUT2D eigenvalue weighted by Crippen LogP contribution is -2.61. The van der Waals surface area contributed by atoms with Crippen molar-refractivity contribution in [1.29, 1.82) is 0 Å². The lowest BCUT2D eigenvalue weighted by atomic mass is 9.99. The van der Waals surface area contributed by atoms with Gasteiger partial charge in [-0.05, 0) is 44.9 Å². The molecule has 0 aromatic rings. The van der Waals surface area contributed by atoms with Crippen LogP contribution in [0.25, 0.3) is 0 Å². The van der Waals surface area contributed by atoms with Crippen LogP contribution in [0, 0.1) is 0 Å². The molecule has 0 aromatic heterocycles. The van der Waals surface area contributed by atoms with Gasteiger partial charge in [-0.25, -0.2) is 4.18 Å². The Morgan fingerprint density at radius 1 is 0.488 bits per heavy atom. The van der Waals surface area contributed by atoms with E-state index in [1.165, 1.54) is 270 Å². The van der Waals surface area contributed by atoms with Crippen molar-refractivity contribution in [2.45, 2.75) is 397 Å². The van der Waals surface area contributed by atoms with Crippen molar-refractivity contribution in [3.05, 3.63) is 24.3 Å². The van der Waals surface area contributed by atoms with Crippen molar-refractivity contribution in [2.24, 2.45) is 0 Å². The van der Waals surface area contributed by atoms with Crippen LogP contribution in [0.15, 0.2) is 24.3 Å². The quantitative estimate of drug-likeness (QED) is 0.0193. The summed E-state index contributed by atoms with van der Waals surface area (Å²) >= 11 is 0. The number of rotatable bonds is 63. The molecule has 1 rings (SSSR count). The number of hydrogen-bond acceptors (Lipinski definition) is 10. The zero-order chi connectivity index (χ0) is 59.7. The van der Waals surface area contributed by atoms with Gasteiger partial charge in [-0.1, -0.05) is 327 Å². The lowest BCUT2D eigenvalue weighted by Gasteiger charge is -2.41. The van der Waals surface area contributed by atoms with Gasteiger partial charge >= 0.3 is 10.4 Å². The fraction of sp³-hybridized carbons (Fsp3) is 0.928. The van der Waals surface area contributed by atoms with Gasteiger partial charge in [0.15, 0.2) is 6.29 Å². The second-order valence-corrected chi connectivity index (χ2v) is 25.9. The minimum atomic E-state index is -5.09. The zero-order valence-corrected chi connectivity index (χ0v) is 54.2. The molecule has 1 aliphatic rings. The molecule has 0 aromatic carbocycles. The SMILES string of the molecule is CCCCCCCCCCC/C=C\C/C=C\CCCCCCCCCCCCCCCCCC(=O)NC(COC1OC(CO)C(O)C(OS(=O)(=O)O)C1O)C(O)CCCCCCCCCCCCCCCCCCCCCCCCCC. The first-order chi connectivity index (χ1) is 40.0. The van der Waals surface area contributed by atoms with Gasteiger partial charge in [-0.15, -0.1) is 0 Å². The Morgan fingerprint density at radius 2 is 0.817 bits per heavy atom. The molecule has 0 spiro atoms. The highest BCUT2D eigenvalue weighted by Crippen LogP contribution is 2.27. The minimum absolute atomic E-state index is 0.223. The van der Waals surface area contributed by atoms with Crippen LogP contribution in [0.4, 0.5) is 0 Å². The second kappa shape index (κ2) is 58.6. The predicted molar refractivity (Wildman–Crippen MR) is 342 cm³/mol. The lowest BCUT2D eigenvalue weighted by molar-refractivity contribution is -0.298. The van der Waals surface area contributed by atoms with Gasteiger partial charge in [0.1, 0.15) is 24.4 Å². The van der Waals surface area contributed by atoms with E-state index in [2.05, 4.69) is 47.7 Å². The highest BCUT2D eigenvalue weighted by molar-refractivity contribution is 7.80. The van der Waals surface area contributed by atoms with E-state index < -0.39 is 59.9 Å². The van der Waals surface area contributed by atoms with Gasteiger partial charge in [0.25, 0.3) is 0 Å². The van der Waals surface area contributed by atoms with Crippen LogP contribution in [-0.2, 0) is 28.9 Å². The standard InChI is InChI=1S/C69H133NO11S/c1-3-5-7-9-11-13-15-17-19-21-23-25-27-29-30-31-32-33-34-35-37-39-41-43-45-47-49-51-53-55-57-59-65(73)70-62(61-79-69-67(75)68(81-82(76,77)78)66(74)64(60-71)80-69)63(72)58-56-54-52-50-48-46-44-42-40-38-36-28-26-24-22-20-18-16-14-12-10-8-6-4-2/h23,25,29-30,62-64,66-69,71-72,74-75H,3-22,24,26-28,31-61H2,1-2H3,(H,70,73)(H,76,77,78)/b25-23-,30-29-. The molecule has 82 heavy (non-hydrogen) atoms. The fourth-order valence-corrected chi connectivity index (χ4v) is 12.1. The topological polar surface area (TPSA) is 192 Å². The van der Waals surface area contributed by atoms with Gasteiger partial charge in [-0.3, -0.25) is 9.35 Å². The maximum atomic E-state index is 13.2. The first-order valence-corrected chi connectivity index (χ1v) is 36.6. The fourth-order valence-electron chi connectivity index (χ4n) is 11.6. The molecule has 0 aliphatic carbocycles. The molecule has 1 amide bonds.